The van der Waals surface area contributed by atoms with Crippen LogP contribution in [0.25, 0.3) is 0 Å². The number of pyridine rings is 1. The van der Waals surface area contributed by atoms with Crippen LogP contribution in [0, 0.1) is 5.82 Å². The first kappa shape index (κ1) is 26.1. The summed E-state index contributed by atoms with van der Waals surface area (Å²) in [5.74, 6) is 2.34. The Morgan fingerprint density at radius 3 is 2.71 bits per heavy atom. The summed E-state index contributed by atoms with van der Waals surface area (Å²) >= 11 is 3.06. The van der Waals surface area contributed by atoms with Gasteiger partial charge in [0, 0.05) is 33.4 Å². The topological polar surface area (TPSA) is 76.6 Å². The molecule has 2 aromatic carbocycles. The fourth-order valence-corrected chi connectivity index (χ4v) is 5.89. The van der Waals surface area contributed by atoms with E-state index in [9.17, 15) is 9.18 Å². The molecule has 0 unspecified atom stereocenters. The number of nitrogens with zero attached hydrogens (tertiary/aromatic N) is 3. The van der Waals surface area contributed by atoms with Crippen LogP contribution in [0.15, 0.2) is 76.0 Å². The van der Waals surface area contributed by atoms with E-state index < -0.39 is 0 Å². The van der Waals surface area contributed by atoms with Gasteiger partial charge in [0.2, 0.25) is 0 Å². The van der Waals surface area contributed by atoms with Crippen molar-refractivity contribution < 1.29 is 18.7 Å². The molecule has 1 aliphatic rings. The van der Waals surface area contributed by atoms with Crippen LogP contribution in [-0.4, -0.2) is 47.9 Å². The van der Waals surface area contributed by atoms with Gasteiger partial charge in [-0.15, -0.1) is 11.3 Å². The summed E-state index contributed by atoms with van der Waals surface area (Å²) in [6.07, 6.45) is 4.69. The minimum Gasteiger partial charge on any atom is -0.497 e. The van der Waals surface area contributed by atoms with Crippen molar-refractivity contribution in [1.29, 1.82) is 0 Å². The van der Waals surface area contributed by atoms with Gasteiger partial charge in [0.05, 0.1) is 19.3 Å². The number of anilines is 2. The number of thiazole rings is 1. The highest BCUT2D eigenvalue weighted by Gasteiger charge is 2.23. The van der Waals surface area contributed by atoms with Gasteiger partial charge in [0.1, 0.15) is 23.6 Å². The van der Waals surface area contributed by atoms with Crippen molar-refractivity contribution in [3.8, 4) is 17.2 Å². The zero-order valence-corrected chi connectivity index (χ0v) is 22.4. The number of carbonyl (C=O) groups excluding carboxylic acids is 1. The van der Waals surface area contributed by atoms with Crippen LogP contribution in [0.4, 0.5) is 15.3 Å². The molecule has 2 aromatic heterocycles. The summed E-state index contributed by atoms with van der Waals surface area (Å²) in [5, 5.41) is 6.11. The van der Waals surface area contributed by atoms with Crippen molar-refractivity contribution >= 4 is 40.3 Å². The maximum absolute atomic E-state index is 13.5. The molecule has 0 amide bonds. The predicted molar refractivity (Wildman–Crippen MR) is 148 cm³/mol. The van der Waals surface area contributed by atoms with Gasteiger partial charge in [-0.25, -0.2) is 14.4 Å². The molecule has 4 aromatic rings. The monoisotopic (exact) mass is 550 g/mol. The van der Waals surface area contributed by atoms with E-state index in [0.717, 1.165) is 58.6 Å². The number of rotatable bonds is 10. The first-order valence-corrected chi connectivity index (χ1v) is 13.9. The molecule has 0 bridgehead atoms. The van der Waals surface area contributed by atoms with Gasteiger partial charge in [-0.05, 0) is 68.4 Å². The fourth-order valence-electron chi connectivity index (χ4n) is 4.23. The molecule has 38 heavy (non-hydrogen) atoms. The highest BCUT2D eigenvalue weighted by molar-refractivity contribution is 7.99. The average molecular weight is 551 g/mol. The number of piperidine rings is 1. The maximum atomic E-state index is 13.5. The van der Waals surface area contributed by atoms with Gasteiger partial charge in [0.25, 0.3) is 0 Å². The molecule has 1 N–H and O–H groups in total. The molecule has 0 aliphatic carbocycles. The minimum atomic E-state index is -0.330. The highest BCUT2D eigenvalue weighted by atomic mass is 32.2. The molecular formula is C28H27FN4O3S2. The fraction of sp³-hybridized carbons (Fsp3) is 0.250. The third-order valence-corrected chi connectivity index (χ3v) is 7.96. The molecule has 7 nitrogen and oxygen atoms in total. The second-order valence-corrected chi connectivity index (χ2v) is 10.8. The third-order valence-electron chi connectivity index (χ3n) is 6.23. The summed E-state index contributed by atoms with van der Waals surface area (Å²) in [6.45, 7) is 2.28. The van der Waals surface area contributed by atoms with E-state index in [0.29, 0.717) is 29.8 Å². The number of aldehydes is 1. The number of ether oxygens (including phenoxy) is 2. The first-order valence-electron chi connectivity index (χ1n) is 12.2. The molecule has 0 spiro atoms. The lowest BCUT2D eigenvalue weighted by molar-refractivity contribution is -0.109. The van der Waals surface area contributed by atoms with E-state index in [1.807, 2.05) is 30.3 Å². The number of nitrogens with one attached hydrogen (secondary N) is 1. The van der Waals surface area contributed by atoms with Gasteiger partial charge in [0.15, 0.2) is 16.7 Å². The van der Waals surface area contributed by atoms with Crippen LogP contribution >= 0.6 is 23.1 Å². The standard InChI is InChI=1S/C28H27FN4O3S2/c1-35-22-3-2-4-23(15-22)38-24-16-26(36-21-7-5-20(29)6-8-21)27(30-17-24)32-28-31-25(18-37-28)19-9-11-33(12-10-19)13-14-34/h2-8,14-19H,9-13H2,1H3,(H,30,31,32). The number of benzene rings is 2. The van der Waals surface area contributed by atoms with E-state index >= 15 is 0 Å². The highest BCUT2D eigenvalue weighted by Crippen LogP contribution is 2.38. The Morgan fingerprint density at radius 1 is 1.13 bits per heavy atom. The SMILES string of the molecule is COc1cccc(Sc2cnc(Nc3nc(C4CCN(CC=O)CC4)cs3)c(Oc3ccc(F)cc3)c2)c1. The number of likely N-dealkylation sites (tertiary alicyclic amines) is 1. The average Bonchev–Trinajstić information content (AvgIpc) is 3.41. The molecule has 0 atom stereocenters. The van der Waals surface area contributed by atoms with Crippen molar-refractivity contribution in [3.63, 3.8) is 0 Å². The summed E-state index contributed by atoms with van der Waals surface area (Å²) in [4.78, 5) is 24.3. The summed E-state index contributed by atoms with van der Waals surface area (Å²) in [5.41, 5.74) is 1.05. The largest absolute Gasteiger partial charge is 0.497 e. The van der Waals surface area contributed by atoms with Crippen LogP contribution in [0.1, 0.15) is 24.5 Å². The lowest BCUT2D eigenvalue weighted by Crippen LogP contribution is -2.34. The van der Waals surface area contributed by atoms with Crippen molar-refractivity contribution in [1.82, 2.24) is 14.9 Å². The number of hydrogen-bond donors (Lipinski definition) is 1. The molecule has 0 saturated carbocycles. The normalized spacial score (nSPS) is 14.3. The molecule has 1 saturated heterocycles. The Kier molecular flexibility index (Phi) is 8.52. The van der Waals surface area contributed by atoms with E-state index in [2.05, 4.69) is 20.6 Å². The number of methoxy groups -OCH3 is 1. The zero-order chi connectivity index (χ0) is 26.3. The minimum absolute atomic E-state index is 0.330. The Balaban J connectivity index is 1.35. The molecular weight excluding hydrogens is 523 g/mol. The molecule has 10 heteroatoms. The van der Waals surface area contributed by atoms with Crippen LogP contribution in [0.3, 0.4) is 0 Å². The van der Waals surface area contributed by atoms with Gasteiger partial charge in [-0.3, -0.25) is 4.90 Å². The number of halogens is 1. The molecule has 0 radical (unpaired) electrons. The Hall–Kier alpha value is -3.47. The van der Waals surface area contributed by atoms with E-state index in [1.165, 1.54) is 35.2 Å². The lowest BCUT2D eigenvalue weighted by atomic mass is 9.94. The quantitative estimate of drug-likeness (QED) is 0.217. The van der Waals surface area contributed by atoms with Gasteiger partial charge in [-0.1, -0.05) is 17.8 Å². The second kappa shape index (κ2) is 12.4. The molecule has 5 rings (SSSR count). The third kappa shape index (κ3) is 6.69. The summed E-state index contributed by atoms with van der Waals surface area (Å²) in [6, 6.07) is 15.6. The first-order chi connectivity index (χ1) is 18.6. The number of carbonyl (C=O) groups is 1. The Bertz CT molecular complexity index is 1370. The lowest BCUT2D eigenvalue weighted by Gasteiger charge is -2.29. The summed E-state index contributed by atoms with van der Waals surface area (Å²) in [7, 11) is 1.64. The Morgan fingerprint density at radius 2 is 1.95 bits per heavy atom. The van der Waals surface area contributed by atoms with Crippen molar-refractivity contribution in [2.24, 2.45) is 0 Å². The van der Waals surface area contributed by atoms with Gasteiger partial charge >= 0.3 is 0 Å². The number of hydrogen-bond acceptors (Lipinski definition) is 9. The van der Waals surface area contributed by atoms with Crippen LogP contribution in [-0.2, 0) is 4.79 Å². The Labute approximate surface area is 229 Å². The van der Waals surface area contributed by atoms with E-state index in [1.54, 1.807) is 25.4 Å². The smallest absolute Gasteiger partial charge is 0.188 e. The molecule has 3 heterocycles. The molecule has 1 fully saturated rings. The van der Waals surface area contributed by atoms with E-state index in [4.69, 9.17) is 14.5 Å². The zero-order valence-electron chi connectivity index (χ0n) is 20.8. The van der Waals surface area contributed by atoms with Crippen molar-refractivity contribution in [2.45, 2.75) is 28.6 Å². The van der Waals surface area contributed by atoms with Gasteiger partial charge in [-0.2, -0.15) is 0 Å². The molecule has 1 aliphatic heterocycles. The van der Waals surface area contributed by atoms with Crippen molar-refractivity contribution in [2.75, 3.05) is 32.1 Å². The predicted octanol–water partition coefficient (Wildman–Crippen LogP) is 6.75. The molecule has 196 valence electrons. The maximum Gasteiger partial charge on any atom is 0.188 e. The van der Waals surface area contributed by atoms with Crippen LogP contribution in [0.2, 0.25) is 0 Å². The summed E-state index contributed by atoms with van der Waals surface area (Å²) < 4.78 is 24.9. The van der Waals surface area contributed by atoms with Crippen LogP contribution < -0.4 is 14.8 Å². The van der Waals surface area contributed by atoms with Crippen LogP contribution in [0.5, 0.6) is 17.2 Å². The van der Waals surface area contributed by atoms with E-state index in [-0.39, 0.29) is 5.82 Å². The second-order valence-electron chi connectivity index (χ2n) is 8.80. The number of aromatic nitrogens is 2. The van der Waals surface area contributed by atoms with Crippen molar-refractivity contribution in [3.05, 3.63) is 77.7 Å². The van der Waals surface area contributed by atoms with Gasteiger partial charge < -0.3 is 19.6 Å².